The highest BCUT2D eigenvalue weighted by molar-refractivity contribution is 7.99. The summed E-state index contributed by atoms with van der Waals surface area (Å²) in [4.78, 5) is 37.5. The van der Waals surface area contributed by atoms with Crippen molar-refractivity contribution in [2.45, 2.75) is 18.0 Å². The molecule has 41 heavy (non-hydrogen) atoms. The fourth-order valence-electron chi connectivity index (χ4n) is 4.35. The van der Waals surface area contributed by atoms with Crippen LogP contribution in [0, 0.1) is 0 Å². The number of rotatable bonds is 5. The Morgan fingerprint density at radius 1 is 0.927 bits per heavy atom. The summed E-state index contributed by atoms with van der Waals surface area (Å²) in [6, 6.07) is 19.7. The molecule has 0 radical (unpaired) electrons. The van der Waals surface area contributed by atoms with Gasteiger partial charge in [-0.05, 0) is 52.6 Å². The maximum absolute atomic E-state index is 12.9. The van der Waals surface area contributed by atoms with Crippen LogP contribution >= 0.6 is 11.8 Å². The van der Waals surface area contributed by atoms with Gasteiger partial charge in [0.1, 0.15) is 0 Å². The molecule has 9 nitrogen and oxygen atoms in total. The Morgan fingerprint density at radius 3 is 2.46 bits per heavy atom. The van der Waals surface area contributed by atoms with E-state index in [4.69, 9.17) is 9.47 Å². The molecule has 0 spiro atoms. The Morgan fingerprint density at radius 2 is 1.68 bits per heavy atom. The molecule has 1 unspecified atom stereocenters. The molecule has 1 atom stereocenters. The normalized spacial score (nSPS) is 16.2. The van der Waals surface area contributed by atoms with E-state index in [-0.39, 0.29) is 30.2 Å². The molecule has 1 fully saturated rings. The number of hydrazine groups is 1. The Kier molecular flexibility index (Phi) is 8.24. The van der Waals surface area contributed by atoms with Crippen molar-refractivity contribution in [2.75, 3.05) is 25.6 Å². The second-order valence-electron chi connectivity index (χ2n) is 9.26. The third kappa shape index (κ3) is 6.85. The summed E-state index contributed by atoms with van der Waals surface area (Å²) in [6.45, 7) is 1.54. The molecule has 0 aromatic heterocycles. The molecule has 2 aliphatic heterocycles. The van der Waals surface area contributed by atoms with Crippen LogP contribution in [0.2, 0.25) is 0 Å². The quantitative estimate of drug-likeness (QED) is 0.383. The van der Waals surface area contributed by atoms with Gasteiger partial charge in [-0.25, -0.2) is 4.79 Å². The van der Waals surface area contributed by atoms with Crippen molar-refractivity contribution in [3.63, 3.8) is 0 Å². The molecule has 3 N–H and O–H groups in total. The average Bonchev–Trinajstić information content (AvgIpc) is 3.46. The predicted octanol–water partition coefficient (Wildman–Crippen LogP) is 4.41. The highest BCUT2D eigenvalue weighted by Crippen LogP contribution is 2.38. The minimum absolute atomic E-state index is 0.0430. The van der Waals surface area contributed by atoms with Crippen LogP contribution in [0.15, 0.2) is 66.7 Å². The predicted molar refractivity (Wildman–Crippen MR) is 145 cm³/mol. The Hall–Kier alpha value is -4.39. The van der Waals surface area contributed by atoms with Gasteiger partial charge >= 0.3 is 18.1 Å². The van der Waals surface area contributed by atoms with Gasteiger partial charge in [-0.15, -0.1) is 0 Å². The van der Waals surface area contributed by atoms with Gasteiger partial charge in [0.2, 0.25) is 6.79 Å². The molecule has 5 rings (SSSR count). The monoisotopic (exact) mass is 586 g/mol. The lowest BCUT2D eigenvalue weighted by Crippen LogP contribution is -2.47. The maximum Gasteiger partial charge on any atom is 0.472 e. The molecule has 2 heterocycles. The van der Waals surface area contributed by atoms with Crippen LogP contribution in [0.25, 0.3) is 11.1 Å². The summed E-state index contributed by atoms with van der Waals surface area (Å²) in [7, 11) is 0. The number of nitrogens with one attached hydrogen (secondary N) is 3. The van der Waals surface area contributed by atoms with Gasteiger partial charge in [-0.2, -0.15) is 24.9 Å². The van der Waals surface area contributed by atoms with E-state index in [0.717, 1.165) is 33.9 Å². The zero-order chi connectivity index (χ0) is 29.0. The van der Waals surface area contributed by atoms with Gasteiger partial charge in [-0.3, -0.25) is 20.4 Å². The minimum Gasteiger partial charge on any atom is -0.454 e. The van der Waals surface area contributed by atoms with Crippen LogP contribution in [0.5, 0.6) is 11.5 Å². The minimum atomic E-state index is -5.11. The molecule has 0 bridgehead atoms. The number of hydrogen-bond acceptors (Lipinski definition) is 6. The number of hydrogen-bond donors (Lipinski definition) is 3. The van der Waals surface area contributed by atoms with Gasteiger partial charge in [0.25, 0.3) is 5.91 Å². The van der Waals surface area contributed by atoms with Crippen molar-refractivity contribution in [3.8, 4) is 22.6 Å². The number of ether oxygens (including phenoxy) is 2. The first-order chi connectivity index (χ1) is 19.7. The fraction of sp³-hybridized carbons (Fsp3) is 0.250. The molecule has 3 aromatic carbocycles. The SMILES string of the molecule is O=C(NNC(=O)C(F)(F)F)c1ccc(CNC(=O)N2CCSC(c3cccc(-c4ccc5c(c4)OCO5)c3)C2)cc1. The van der Waals surface area contributed by atoms with E-state index in [1.807, 2.05) is 30.3 Å². The number of thioether (sulfide) groups is 1. The lowest BCUT2D eigenvalue weighted by atomic mass is 10.0. The molecule has 1 saturated heterocycles. The molecule has 0 saturated carbocycles. The second-order valence-corrected chi connectivity index (χ2v) is 10.6. The van der Waals surface area contributed by atoms with Crippen molar-refractivity contribution >= 4 is 29.6 Å². The molecule has 3 aromatic rings. The first-order valence-corrected chi connectivity index (χ1v) is 13.6. The van der Waals surface area contributed by atoms with E-state index < -0.39 is 18.0 Å². The topological polar surface area (TPSA) is 109 Å². The maximum atomic E-state index is 12.9. The summed E-state index contributed by atoms with van der Waals surface area (Å²) in [6.07, 6.45) is -5.11. The number of fused-ring (bicyclic) bond motifs is 1. The van der Waals surface area contributed by atoms with E-state index >= 15 is 0 Å². The van der Waals surface area contributed by atoms with Gasteiger partial charge in [0.15, 0.2) is 11.5 Å². The number of carbonyl (C=O) groups is 3. The highest BCUT2D eigenvalue weighted by Gasteiger charge is 2.39. The van der Waals surface area contributed by atoms with Crippen LogP contribution in [0.4, 0.5) is 18.0 Å². The Labute approximate surface area is 237 Å². The van der Waals surface area contributed by atoms with Gasteiger partial charge in [0, 0.05) is 36.2 Å². The van der Waals surface area contributed by atoms with Crippen LogP contribution in [-0.4, -0.2) is 54.6 Å². The number of urea groups is 1. The molecule has 0 aliphatic carbocycles. The summed E-state index contributed by atoms with van der Waals surface area (Å²) in [5.41, 5.74) is 6.93. The summed E-state index contributed by atoms with van der Waals surface area (Å²) >= 11 is 1.79. The number of alkyl halides is 3. The fourth-order valence-corrected chi connectivity index (χ4v) is 5.58. The van der Waals surface area contributed by atoms with Crippen molar-refractivity contribution in [3.05, 3.63) is 83.4 Å². The zero-order valence-electron chi connectivity index (χ0n) is 21.5. The zero-order valence-corrected chi connectivity index (χ0v) is 22.3. The third-order valence-electron chi connectivity index (χ3n) is 6.52. The summed E-state index contributed by atoms with van der Waals surface area (Å²) in [5.74, 6) is -0.958. The number of halogens is 3. The lowest BCUT2D eigenvalue weighted by molar-refractivity contribution is -0.174. The average molecular weight is 587 g/mol. The van der Waals surface area contributed by atoms with E-state index in [0.29, 0.717) is 18.7 Å². The molecule has 2 aliphatic rings. The van der Waals surface area contributed by atoms with Crippen molar-refractivity contribution in [1.29, 1.82) is 0 Å². The first kappa shape index (κ1) is 28.1. The number of carbonyl (C=O) groups excluding carboxylic acids is 3. The van der Waals surface area contributed by atoms with Gasteiger partial charge in [0.05, 0.1) is 0 Å². The van der Waals surface area contributed by atoms with Crippen LogP contribution in [0.1, 0.15) is 26.7 Å². The van der Waals surface area contributed by atoms with Crippen LogP contribution < -0.4 is 25.6 Å². The standard InChI is InChI=1S/C28H25F3N4O5S/c29-28(30,31)26(37)34-33-25(36)18-6-4-17(5-7-18)14-32-27(38)35-10-11-41-24(15-35)21-3-1-2-19(12-21)20-8-9-22-23(13-20)40-16-39-22/h1-9,12-13,24H,10-11,14-16H2,(H,32,38)(H,33,36)(H,34,37). The number of amides is 4. The lowest BCUT2D eigenvalue weighted by Gasteiger charge is -2.33. The highest BCUT2D eigenvalue weighted by atomic mass is 32.2. The van der Waals surface area contributed by atoms with E-state index in [2.05, 4.69) is 17.4 Å². The van der Waals surface area contributed by atoms with Crippen LogP contribution in [0.3, 0.4) is 0 Å². The number of benzene rings is 3. The summed E-state index contributed by atoms with van der Waals surface area (Å²) < 4.78 is 47.7. The molecular weight excluding hydrogens is 561 g/mol. The second kappa shape index (κ2) is 12.0. The Balaban J connectivity index is 1.14. The number of nitrogens with zero attached hydrogens (tertiary/aromatic N) is 1. The molecule has 214 valence electrons. The van der Waals surface area contributed by atoms with Crippen molar-refractivity contribution < 1.29 is 37.0 Å². The first-order valence-electron chi connectivity index (χ1n) is 12.6. The van der Waals surface area contributed by atoms with Crippen molar-refractivity contribution in [2.24, 2.45) is 0 Å². The van der Waals surface area contributed by atoms with E-state index in [1.165, 1.54) is 17.6 Å². The van der Waals surface area contributed by atoms with E-state index in [1.54, 1.807) is 34.2 Å². The molecule has 13 heteroatoms. The van der Waals surface area contributed by atoms with Crippen LogP contribution in [-0.2, 0) is 11.3 Å². The molecule has 4 amide bonds. The molecular formula is C28H25F3N4O5S. The van der Waals surface area contributed by atoms with Gasteiger partial charge in [-0.1, -0.05) is 36.4 Å². The van der Waals surface area contributed by atoms with E-state index in [9.17, 15) is 27.6 Å². The third-order valence-corrected chi connectivity index (χ3v) is 7.77. The smallest absolute Gasteiger partial charge is 0.454 e. The summed E-state index contributed by atoms with van der Waals surface area (Å²) in [5, 5.41) is 2.97. The largest absolute Gasteiger partial charge is 0.472 e. The van der Waals surface area contributed by atoms with Gasteiger partial charge < -0.3 is 19.7 Å². The van der Waals surface area contributed by atoms with Crippen molar-refractivity contribution in [1.82, 2.24) is 21.1 Å². The Bertz CT molecular complexity index is 1450.